The van der Waals surface area contributed by atoms with E-state index in [9.17, 15) is 9.50 Å². The number of aromatic hydroxyl groups is 1. The van der Waals surface area contributed by atoms with Crippen LogP contribution >= 0.6 is 12.2 Å². The van der Waals surface area contributed by atoms with Crippen molar-refractivity contribution in [2.45, 2.75) is 5.54 Å². The highest BCUT2D eigenvalue weighted by Gasteiger charge is 2.36. The molecule has 164 valence electrons. The number of thiocarbonyl (C=S) groups is 1. The topological polar surface area (TPSA) is 56.7 Å². The van der Waals surface area contributed by atoms with E-state index in [0.717, 1.165) is 16.7 Å². The lowest BCUT2D eigenvalue weighted by atomic mass is 9.77. The van der Waals surface area contributed by atoms with Gasteiger partial charge in [0.15, 0.2) is 5.11 Å². The van der Waals surface area contributed by atoms with Crippen LogP contribution in [0.4, 0.5) is 4.39 Å². The van der Waals surface area contributed by atoms with Gasteiger partial charge in [0.1, 0.15) is 17.1 Å². The molecule has 0 heterocycles. The Morgan fingerprint density at radius 3 is 1.76 bits per heavy atom. The lowest BCUT2D eigenvalue weighted by Gasteiger charge is -2.37. The van der Waals surface area contributed by atoms with Crippen LogP contribution in [-0.2, 0) is 5.54 Å². The smallest absolute Gasteiger partial charge is 0.188 e. The van der Waals surface area contributed by atoms with Crippen molar-refractivity contribution >= 4 is 23.5 Å². The first-order valence-corrected chi connectivity index (χ1v) is 10.8. The zero-order valence-corrected chi connectivity index (χ0v) is 18.5. The second-order valence-electron chi connectivity index (χ2n) is 7.38. The first-order valence-electron chi connectivity index (χ1n) is 10.4. The van der Waals surface area contributed by atoms with Gasteiger partial charge in [0.25, 0.3) is 0 Å². The Morgan fingerprint density at radius 2 is 1.27 bits per heavy atom. The highest BCUT2D eigenvalue weighted by atomic mass is 32.1. The third-order valence-electron chi connectivity index (χ3n) is 5.28. The largest absolute Gasteiger partial charge is 0.507 e. The van der Waals surface area contributed by atoms with E-state index in [1.54, 1.807) is 0 Å². The Bertz CT molecular complexity index is 1150. The van der Waals surface area contributed by atoms with Crippen molar-refractivity contribution in [3.05, 3.63) is 137 Å². The minimum atomic E-state index is -0.787. The molecule has 0 fully saturated rings. The first-order chi connectivity index (χ1) is 16.1. The van der Waals surface area contributed by atoms with Crippen LogP contribution in [0.15, 0.2) is 114 Å². The van der Waals surface area contributed by atoms with Crippen molar-refractivity contribution in [2.24, 2.45) is 5.10 Å². The van der Waals surface area contributed by atoms with E-state index in [1.165, 1.54) is 24.4 Å². The molecule has 4 rings (SSSR count). The highest BCUT2D eigenvalue weighted by molar-refractivity contribution is 7.80. The molecule has 0 saturated carbocycles. The van der Waals surface area contributed by atoms with E-state index in [0.29, 0.717) is 0 Å². The van der Waals surface area contributed by atoms with Crippen molar-refractivity contribution in [1.82, 2.24) is 10.7 Å². The van der Waals surface area contributed by atoms with Gasteiger partial charge in [-0.05, 0) is 47.1 Å². The summed E-state index contributed by atoms with van der Waals surface area (Å²) in [6, 6.07) is 33.7. The minimum Gasteiger partial charge on any atom is -0.507 e. The van der Waals surface area contributed by atoms with Crippen molar-refractivity contribution in [1.29, 1.82) is 0 Å². The summed E-state index contributed by atoms with van der Waals surface area (Å²) in [5.41, 5.74) is 5.25. The molecular formula is C27H22FN3OS. The van der Waals surface area contributed by atoms with E-state index in [1.807, 2.05) is 91.0 Å². The van der Waals surface area contributed by atoms with Crippen LogP contribution in [0.1, 0.15) is 22.3 Å². The molecular weight excluding hydrogens is 433 g/mol. The summed E-state index contributed by atoms with van der Waals surface area (Å²) < 4.78 is 13.5. The van der Waals surface area contributed by atoms with Gasteiger partial charge in [0.05, 0.1) is 6.21 Å². The molecule has 0 aliphatic carbocycles. The number of phenolic OH excluding ortho intramolecular Hbond substituents is 1. The Hall–Kier alpha value is -4.03. The zero-order valence-electron chi connectivity index (χ0n) is 17.7. The Balaban J connectivity index is 1.72. The standard InChI is InChI=1S/C27H22FN3OS/c28-24-16-17-25(32)20(18-24)19-29-31-26(33)30-27(21-10-4-1-5-11-21,22-12-6-2-7-13-22)23-14-8-3-9-15-23/h1-19,32H,(H2,30,31,33)/b29-19+. The molecule has 3 N–H and O–H groups in total. The maximum atomic E-state index is 13.5. The predicted octanol–water partition coefficient (Wildman–Crippen LogP) is 5.32. The molecule has 0 amide bonds. The number of nitrogens with zero attached hydrogens (tertiary/aromatic N) is 1. The van der Waals surface area contributed by atoms with Gasteiger partial charge in [-0.15, -0.1) is 0 Å². The molecule has 0 bridgehead atoms. The second-order valence-corrected chi connectivity index (χ2v) is 7.78. The van der Waals surface area contributed by atoms with Crippen LogP contribution in [-0.4, -0.2) is 16.4 Å². The molecule has 0 aromatic heterocycles. The number of benzene rings is 4. The van der Waals surface area contributed by atoms with Gasteiger partial charge < -0.3 is 10.4 Å². The lowest BCUT2D eigenvalue weighted by molar-refractivity contribution is 0.472. The second kappa shape index (κ2) is 10.1. The Kier molecular flexibility index (Phi) is 6.76. The summed E-state index contributed by atoms with van der Waals surface area (Å²) in [6.45, 7) is 0. The molecule has 0 radical (unpaired) electrons. The number of hydrogen-bond acceptors (Lipinski definition) is 3. The van der Waals surface area contributed by atoms with Gasteiger partial charge in [-0.3, -0.25) is 5.43 Å². The third-order valence-corrected chi connectivity index (χ3v) is 5.47. The molecule has 33 heavy (non-hydrogen) atoms. The van der Waals surface area contributed by atoms with Gasteiger partial charge in [0.2, 0.25) is 0 Å². The van der Waals surface area contributed by atoms with Crippen molar-refractivity contribution in [2.75, 3.05) is 0 Å². The van der Waals surface area contributed by atoms with Crippen LogP contribution in [0.5, 0.6) is 5.75 Å². The average Bonchev–Trinajstić information content (AvgIpc) is 2.86. The molecule has 0 unspecified atom stereocenters. The van der Waals surface area contributed by atoms with Crippen LogP contribution in [0.3, 0.4) is 0 Å². The Labute approximate surface area is 197 Å². The summed E-state index contributed by atoms with van der Waals surface area (Å²) in [5.74, 6) is -0.542. The molecule has 0 aliphatic rings. The van der Waals surface area contributed by atoms with E-state index in [-0.39, 0.29) is 16.4 Å². The van der Waals surface area contributed by atoms with E-state index in [4.69, 9.17) is 12.2 Å². The van der Waals surface area contributed by atoms with Gasteiger partial charge in [-0.2, -0.15) is 5.10 Å². The number of phenols is 1. The van der Waals surface area contributed by atoms with Gasteiger partial charge in [-0.25, -0.2) is 4.39 Å². The van der Waals surface area contributed by atoms with Crippen molar-refractivity contribution < 1.29 is 9.50 Å². The van der Waals surface area contributed by atoms with Gasteiger partial charge in [0, 0.05) is 5.56 Å². The first kappa shape index (κ1) is 22.2. The molecule has 4 aromatic carbocycles. The molecule has 4 nitrogen and oxygen atoms in total. The number of hydrazone groups is 1. The van der Waals surface area contributed by atoms with Gasteiger partial charge >= 0.3 is 0 Å². The average molecular weight is 456 g/mol. The molecule has 0 atom stereocenters. The number of hydrogen-bond donors (Lipinski definition) is 3. The predicted molar refractivity (Wildman–Crippen MR) is 134 cm³/mol. The summed E-state index contributed by atoms with van der Waals surface area (Å²) in [5, 5.41) is 17.7. The molecule has 4 aromatic rings. The van der Waals surface area contributed by atoms with E-state index >= 15 is 0 Å². The summed E-state index contributed by atoms with van der Waals surface area (Å²) >= 11 is 5.60. The van der Waals surface area contributed by atoms with Crippen LogP contribution in [0, 0.1) is 5.82 Å². The van der Waals surface area contributed by atoms with E-state index < -0.39 is 11.4 Å². The maximum absolute atomic E-state index is 13.5. The molecule has 0 aliphatic heterocycles. The summed E-state index contributed by atoms with van der Waals surface area (Å²) in [4.78, 5) is 0. The number of rotatable bonds is 6. The Morgan fingerprint density at radius 1 is 0.788 bits per heavy atom. The summed E-state index contributed by atoms with van der Waals surface area (Å²) in [6.07, 6.45) is 1.32. The van der Waals surface area contributed by atoms with Gasteiger partial charge in [-0.1, -0.05) is 91.0 Å². The van der Waals surface area contributed by atoms with E-state index in [2.05, 4.69) is 15.8 Å². The fraction of sp³-hybridized carbons (Fsp3) is 0.0370. The summed E-state index contributed by atoms with van der Waals surface area (Å²) in [7, 11) is 0. The van der Waals surface area contributed by atoms with Crippen LogP contribution in [0.2, 0.25) is 0 Å². The minimum absolute atomic E-state index is 0.0759. The fourth-order valence-corrected chi connectivity index (χ4v) is 3.97. The molecule has 0 spiro atoms. The highest BCUT2D eigenvalue weighted by Crippen LogP contribution is 2.36. The quantitative estimate of drug-likeness (QED) is 0.159. The van der Waals surface area contributed by atoms with Crippen molar-refractivity contribution in [3.8, 4) is 5.75 Å². The normalized spacial score (nSPS) is 11.3. The molecule has 6 heteroatoms. The monoisotopic (exact) mass is 455 g/mol. The van der Waals surface area contributed by atoms with Crippen LogP contribution < -0.4 is 10.7 Å². The number of halogens is 1. The maximum Gasteiger partial charge on any atom is 0.188 e. The zero-order chi connectivity index (χ0) is 23.1. The van der Waals surface area contributed by atoms with Crippen LogP contribution in [0.25, 0.3) is 0 Å². The molecule has 0 saturated heterocycles. The van der Waals surface area contributed by atoms with Crippen molar-refractivity contribution in [3.63, 3.8) is 0 Å². The third kappa shape index (κ3) is 4.91. The number of nitrogens with one attached hydrogen (secondary N) is 2. The SMILES string of the molecule is Oc1ccc(F)cc1/C=N/NC(=S)NC(c1ccccc1)(c1ccccc1)c1ccccc1. The fourth-order valence-electron chi connectivity index (χ4n) is 3.77. The lowest BCUT2D eigenvalue weighted by Crippen LogP contribution is -2.50.